The van der Waals surface area contributed by atoms with Gasteiger partial charge >= 0.3 is 0 Å². The van der Waals surface area contributed by atoms with Crippen molar-refractivity contribution in [2.75, 3.05) is 19.1 Å². The Kier molecular flexibility index (Phi) is 6.93. The second kappa shape index (κ2) is 9.69. The molecule has 1 aromatic carbocycles. The molecular formula is C21H24IN6O3S. The smallest absolute Gasteiger partial charge is 0.231 e. The quantitative estimate of drug-likeness (QED) is 0.411. The summed E-state index contributed by atoms with van der Waals surface area (Å²) in [6.45, 7) is 9.23. The van der Waals surface area contributed by atoms with Gasteiger partial charge in [-0.3, -0.25) is 4.79 Å². The largest absolute Gasteiger partial charge is 0.454 e. The van der Waals surface area contributed by atoms with Gasteiger partial charge in [-0.2, -0.15) is 0 Å². The molecule has 2 N–H and O–H groups in total. The lowest BCUT2D eigenvalue weighted by molar-refractivity contribution is -0.132. The van der Waals surface area contributed by atoms with E-state index in [1.54, 1.807) is 0 Å². The summed E-state index contributed by atoms with van der Waals surface area (Å²) < 4.78 is 14.1. The molecule has 3 heterocycles. The molecule has 0 aliphatic carbocycles. The van der Waals surface area contributed by atoms with Crippen LogP contribution in [-0.2, 0) is 11.3 Å². The summed E-state index contributed by atoms with van der Waals surface area (Å²) in [5, 5.41) is 0.753. The average Bonchev–Trinajstić information content (AvgIpc) is 3.35. The van der Waals surface area contributed by atoms with Crippen LogP contribution in [0.4, 0.5) is 5.82 Å². The summed E-state index contributed by atoms with van der Waals surface area (Å²) >= 11 is 3.79. The van der Waals surface area contributed by atoms with Crippen molar-refractivity contribution in [3.05, 3.63) is 29.0 Å². The molecule has 0 spiro atoms. The fourth-order valence-corrected chi connectivity index (χ4v) is 5.21. The molecule has 169 valence electrons. The number of nitrogens with two attached hydrogens (primary N) is 1. The molecular weight excluding hydrogens is 543 g/mol. The number of carbonyl (C=O) groups is 1. The van der Waals surface area contributed by atoms with E-state index in [0.717, 1.165) is 25.8 Å². The number of ether oxygens (including phenoxy) is 2. The van der Waals surface area contributed by atoms with Crippen molar-refractivity contribution in [3.63, 3.8) is 0 Å². The Bertz CT molecular complexity index is 1150. The molecule has 1 amide bonds. The Morgan fingerprint density at radius 3 is 2.81 bits per heavy atom. The number of anilines is 1. The van der Waals surface area contributed by atoms with Gasteiger partial charge in [0.2, 0.25) is 12.7 Å². The van der Waals surface area contributed by atoms with Crippen LogP contribution in [-0.4, -0.2) is 49.7 Å². The van der Waals surface area contributed by atoms with Gasteiger partial charge in [0, 0.05) is 34.0 Å². The SMILES string of the molecule is [CH2]CC(=O)N(CCCn1c(Sc2cc3c(cc2I)OCO3)nc2c(N)ncnc21)C(C)C. The van der Waals surface area contributed by atoms with Crippen LogP contribution < -0.4 is 15.2 Å². The molecule has 32 heavy (non-hydrogen) atoms. The number of carbonyl (C=O) groups excluding carboxylic acids is 1. The number of amides is 1. The average molecular weight is 567 g/mol. The number of nitrogen functional groups attached to an aromatic ring is 1. The predicted octanol–water partition coefficient (Wildman–Crippen LogP) is 3.74. The molecule has 0 unspecified atom stereocenters. The number of nitrogens with zero attached hydrogens (tertiary/aromatic N) is 5. The Morgan fingerprint density at radius 2 is 2.09 bits per heavy atom. The first-order valence-electron chi connectivity index (χ1n) is 10.2. The van der Waals surface area contributed by atoms with Crippen LogP contribution in [0.5, 0.6) is 11.5 Å². The number of imidazole rings is 1. The molecule has 1 radical (unpaired) electrons. The monoisotopic (exact) mass is 567 g/mol. The minimum absolute atomic E-state index is 0.0478. The molecule has 3 aromatic rings. The molecule has 0 bridgehead atoms. The topological polar surface area (TPSA) is 108 Å². The van der Waals surface area contributed by atoms with E-state index in [9.17, 15) is 4.79 Å². The fraction of sp³-hybridized carbons (Fsp3) is 0.381. The molecule has 2 aromatic heterocycles. The van der Waals surface area contributed by atoms with Crippen molar-refractivity contribution in [1.82, 2.24) is 24.4 Å². The van der Waals surface area contributed by atoms with E-state index in [1.165, 1.54) is 18.1 Å². The third kappa shape index (κ3) is 4.58. The number of fused-ring (bicyclic) bond motifs is 2. The third-order valence-electron chi connectivity index (χ3n) is 5.09. The first-order chi connectivity index (χ1) is 15.4. The van der Waals surface area contributed by atoms with Crippen molar-refractivity contribution in [1.29, 1.82) is 0 Å². The fourth-order valence-electron chi connectivity index (χ4n) is 3.50. The van der Waals surface area contributed by atoms with E-state index >= 15 is 0 Å². The number of aryl methyl sites for hydroxylation is 1. The van der Waals surface area contributed by atoms with Gasteiger partial charge in [0.15, 0.2) is 33.6 Å². The molecule has 11 heteroatoms. The number of aromatic nitrogens is 4. The summed E-state index contributed by atoms with van der Waals surface area (Å²) in [7, 11) is 0. The Hall–Kier alpha value is -2.28. The summed E-state index contributed by atoms with van der Waals surface area (Å²) in [5.41, 5.74) is 7.32. The zero-order valence-corrected chi connectivity index (χ0v) is 20.9. The highest BCUT2D eigenvalue weighted by Gasteiger charge is 2.21. The van der Waals surface area contributed by atoms with Crippen LogP contribution in [0.25, 0.3) is 11.2 Å². The van der Waals surface area contributed by atoms with E-state index in [1.807, 2.05) is 35.4 Å². The lowest BCUT2D eigenvalue weighted by Crippen LogP contribution is -2.37. The summed E-state index contributed by atoms with van der Waals surface area (Å²) in [4.78, 5) is 28.3. The minimum Gasteiger partial charge on any atom is -0.454 e. The van der Waals surface area contributed by atoms with Gasteiger partial charge in [-0.25, -0.2) is 15.0 Å². The summed E-state index contributed by atoms with van der Waals surface area (Å²) in [5.74, 6) is 1.85. The van der Waals surface area contributed by atoms with Gasteiger partial charge in [-0.1, -0.05) is 11.8 Å². The maximum Gasteiger partial charge on any atom is 0.231 e. The standard InChI is InChI=1S/C21H24IN6O3S/c1-4-17(29)27(12(2)3)6-5-7-28-20-18(19(23)24-10-25-20)26-21(28)32-16-9-15-14(8-13(16)22)30-11-31-15/h8-10,12H,1,4-7,11H2,2-3H3,(H2,23,24,25). The van der Waals surface area contributed by atoms with E-state index in [4.69, 9.17) is 20.2 Å². The number of halogens is 1. The van der Waals surface area contributed by atoms with E-state index in [2.05, 4.69) is 39.5 Å². The van der Waals surface area contributed by atoms with Crippen molar-refractivity contribution in [2.45, 2.75) is 49.3 Å². The molecule has 9 nitrogen and oxygen atoms in total. The van der Waals surface area contributed by atoms with Crippen LogP contribution in [0.2, 0.25) is 0 Å². The zero-order valence-electron chi connectivity index (χ0n) is 17.9. The highest BCUT2D eigenvalue weighted by molar-refractivity contribution is 14.1. The Labute approximate surface area is 204 Å². The van der Waals surface area contributed by atoms with Crippen LogP contribution >= 0.6 is 34.4 Å². The van der Waals surface area contributed by atoms with Crippen LogP contribution in [0, 0.1) is 10.5 Å². The van der Waals surface area contributed by atoms with E-state index < -0.39 is 0 Å². The lowest BCUT2D eigenvalue weighted by atomic mass is 10.2. The van der Waals surface area contributed by atoms with Crippen LogP contribution in [0.1, 0.15) is 26.7 Å². The lowest BCUT2D eigenvalue weighted by Gasteiger charge is -2.26. The second-order valence-electron chi connectivity index (χ2n) is 7.50. The van der Waals surface area contributed by atoms with Gasteiger partial charge in [-0.05, 0) is 61.9 Å². The highest BCUT2D eigenvalue weighted by atomic mass is 127. The first-order valence-corrected chi connectivity index (χ1v) is 12.1. The van der Waals surface area contributed by atoms with Gasteiger partial charge in [-0.15, -0.1) is 0 Å². The Morgan fingerprint density at radius 1 is 1.34 bits per heavy atom. The van der Waals surface area contributed by atoms with Crippen LogP contribution in [0.3, 0.4) is 0 Å². The van der Waals surface area contributed by atoms with E-state index in [0.29, 0.717) is 35.8 Å². The summed E-state index contributed by atoms with van der Waals surface area (Å²) in [6, 6.07) is 4.03. The Balaban J connectivity index is 1.63. The molecule has 1 aliphatic rings. The van der Waals surface area contributed by atoms with Crippen LogP contribution in [0.15, 0.2) is 28.5 Å². The highest BCUT2D eigenvalue weighted by Crippen LogP contribution is 2.41. The van der Waals surface area contributed by atoms with Crippen molar-refractivity contribution < 1.29 is 14.3 Å². The molecule has 0 saturated carbocycles. The first kappa shape index (κ1) is 22.9. The van der Waals surface area contributed by atoms with Gasteiger partial charge in [0.05, 0.1) is 0 Å². The third-order valence-corrected chi connectivity index (χ3v) is 7.40. The number of hydrogen-bond acceptors (Lipinski definition) is 8. The zero-order chi connectivity index (χ0) is 22.8. The number of hydrogen-bond donors (Lipinski definition) is 1. The van der Waals surface area contributed by atoms with Crippen molar-refractivity contribution in [3.8, 4) is 11.5 Å². The molecule has 1 aliphatic heterocycles. The van der Waals surface area contributed by atoms with Gasteiger partial charge in [0.1, 0.15) is 6.33 Å². The minimum atomic E-state index is 0.0478. The molecule has 0 saturated heterocycles. The maximum absolute atomic E-state index is 12.2. The van der Waals surface area contributed by atoms with Crippen molar-refractivity contribution >= 4 is 57.2 Å². The number of benzene rings is 1. The maximum atomic E-state index is 12.2. The molecule has 0 fully saturated rings. The summed E-state index contributed by atoms with van der Waals surface area (Å²) in [6.07, 6.45) is 2.44. The normalized spacial score (nSPS) is 12.7. The molecule has 0 atom stereocenters. The number of rotatable bonds is 8. The second-order valence-corrected chi connectivity index (χ2v) is 9.67. The van der Waals surface area contributed by atoms with E-state index in [-0.39, 0.29) is 25.2 Å². The van der Waals surface area contributed by atoms with Gasteiger partial charge in [0.25, 0.3) is 0 Å². The van der Waals surface area contributed by atoms with Crippen molar-refractivity contribution in [2.24, 2.45) is 0 Å². The van der Waals surface area contributed by atoms with Gasteiger partial charge < -0.3 is 24.7 Å². The molecule has 4 rings (SSSR count). The predicted molar refractivity (Wildman–Crippen MR) is 131 cm³/mol.